The predicted octanol–water partition coefficient (Wildman–Crippen LogP) is 8.33. The number of rotatable bonds is 15. The Labute approximate surface area is 271 Å². The molecular formula is C30H34F8N2O5SSi. The van der Waals surface area contributed by atoms with Gasteiger partial charge in [-0.25, -0.2) is 4.98 Å². The lowest BCUT2D eigenvalue weighted by molar-refractivity contribution is -0.605. The molecule has 2 heterocycles. The van der Waals surface area contributed by atoms with Crippen molar-refractivity contribution in [2.24, 2.45) is 0 Å². The molecule has 260 valence electrons. The zero-order valence-corrected chi connectivity index (χ0v) is 27.5. The third-order valence-corrected chi connectivity index (χ3v) is 10.5. The fraction of sp³-hybridized carbons (Fsp3) is 0.533. The van der Waals surface area contributed by atoms with E-state index in [1.807, 2.05) is 19.6 Å². The first-order chi connectivity index (χ1) is 21.9. The first kappa shape index (κ1) is 36.8. The number of hydrogen-bond donors (Lipinski definition) is 0. The maximum absolute atomic E-state index is 14.5. The minimum absolute atomic E-state index is 0.00785. The van der Waals surface area contributed by atoms with Crippen molar-refractivity contribution in [3.63, 3.8) is 0 Å². The summed E-state index contributed by atoms with van der Waals surface area (Å²) in [6, 6.07) is 7.33. The van der Waals surface area contributed by atoms with Crippen molar-refractivity contribution in [2.75, 3.05) is 13.4 Å². The van der Waals surface area contributed by atoms with Gasteiger partial charge < -0.3 is 24.2 Å². The Bertz CT molecular complexity index is 1450. The second-order valence-corrected chi connectivity index (χ2v) is 19.0. The van der Waals surface area contributed by atoms with Gasteiger partial charge in [0.15, 0.2) is 23.9 Å². The van der Waals surface area contributed by atoms with Gasteiger partial charge in [0.1, 0.15) is 11.8 Å². The molecule has 47 heavy (non-hydrogen) atoms. The molecular weight excluding hydrogens is 680 g/mol. The molecule has 0 aliphatic heterocycles. The average molecular weight is 715 g/mol. The van der Waals surface area contributed by atoms with Crippen LogP contribution in [0.25, 0.3) is 0 Å². The first-order valence-corrected chi connectivity index (χ1v) is 19.2. The Hall–Kier alpha value is -3.02. The minimum Gasteiger partial charge on any atom is -0.619 e. The smallest absolute Gasteiger partial charge is 0.433 e. The first-order valence-electron chi connectivity index (χ1n) is 14.6. The summed E-state index contributed by atoms with van der Waals surface area (Å²) >= 11 is 0.153. The second kappa shape index (κ2) is 14.6. The summed E-state index contributed by atoms with van der Waals surface area (Å²) in [4.78, 5) is 3.59. The topological polar surface area (TPSA) is 76.8 Å². The molecule has 1 aromatic carbocycles. The maximum Gasteiger partial charge on any atom is 0.433 e. The normalized spacial score (nSPS) is 15.5. The Balaban J connectivity index is 1.76. The number of benzene rings is 1. The van der Waals surface area contributed by atoms with E-state index < -0.39 is 50.4 Å². The monoisotopic (exact) mass is 714 g/mol. The van der Waals surface area contributed by atoms with Crippen molar-refractivity contribution in [3.8, 4) is 11.5 Å². The quantitative estimate of drug-likeness (QED) is 0.0394. The number of nitrogens with zero attached hydrogens (tertiary/aromatic N) is 2. The van der Waals surface area contributed by atoms with Gasteiger partial charge in [-0.1, -0.05) is 25.7 Å². The van der Waals surface area contributed by atoms with E-state index in [0.717, 1.165) is 12.6 Å². The van der Waals surface area contributed by atoms with Crippen molar-refractivity contribution in [2.45, 2.75) is 88.0 Å². The number of halogens is 8. The van der Waals surface area contributed by atoms with Crippen LogP contribution in [-0.4, -0.2) is 51.5 Å². The molecule has 0 spiro atoms. The van der Waals surface area contributed by atoms with Gasteiger partial charge in [-0.05, 0) is 55.0 Å². The van der Waals surface area contributed by atoms with Crippen molar-refractivity contribution < 1.29 is 58.8 Å². The predicted molar refractivity (Wildman–Crippen MR) is 158 cm³/mol. The van der Waals surface area contributed by atoms with E-state index in [-0.39, 0.29) is 46.8 Å². The van der Waals surface area contributed by atoms with Gasteiger partial charge in [0.2, 0.25) is 0 Å². The average Bonchev–Trinajstić information content (AvgIpc) is 3.40. The van der Waals surface area contributed by atoms with Crippen molar-refractivity contribution in [3.05, 3.63) is 75.1 Å². The van der Waals surface area contributed by atoms with Crippen molar-refractivity contribution in [1.29, 1.82) is 0 Å². The van der Waals surface area contributed by atoms with Crippen LogP contribution in [0.15, 0.2) is 48.9 Å². The molecule has 0 saturated heterocycles. The van der Waals surface area contributed by atoms with Crippen molar-refractivity contribution in [1.82, 2.24) is 4.98 Å². The fourth-order valence-electron chi connectivity index (χ4n) is 4.70. The number of aromatic nitrogens is 2. The number of hydrogen-bond acceptors (Lipinski definition) is 7. The van der Waals surface area contributed by atoms with E-state index >= 15 is 0 Å². The van der Waals surface area contributed by atoms with E-state index in [1.165, 1.54) is 42.7 Å². The Morgan fingerprint density at radius 2 is 1.66 bits per heavy atom. The molecule has 0 bridgehead atoms. The van der Waals surface area contributed by atoms with Crippen LogP contribution in [0, 0.1) is 5.21 Å². The van der Waals surface area contributed by atoms with E-state index in [4.69, 9.17) is 9.47 Å². The summed E-state index contributed by atoms with van der Waals surface area (Å²) < 4.78 is 134. The third-order valence-electron chi connectivity index (χ3n) is 7.56. The molecule has 2 aromatic heterocycles. The summed E-state index contributed by atoms with van der Waals surface area (Å²) in [6.07, 6.45) is -6.77. The standard InChI is InChI=1S/C30H34F8N2O5SSi/c1-47(2,3)14-13-42-18-43-28(29(33,34)35,30(36,37)38)26-39-17-25(46-26)22(15-19-9-11-40(41)12-10-19)20-7-8-23(45-27(31)32)24(16-20)44-21-5-4-6-21/h7-12,16-17,21-22,27H,4-6,13-15,18H2,1-3H3. The molecule has 1 unspecified atom stereocenters. The molecule has 1 atom stereocenters. The van der Waals surface area contributed by atoms with Crippen LogP contribution >= 0.6 is 11.3 Å². The molecule has 1 aliphatic rings. The van der Waals surface area contributed by atoms with E-state index in [9.17, 15) is 40.3 Å². The highest BCUT2D eigenvalue weighted by Gasteiger charge is 2.75. The molecule has 1 aliphatic carbocycles. The summed E-state index contributed by atoms with van der Waals surface area (Å²) in [5.74, 6) is -1.27. The van der Waals surface area contributed by atoms with Crippen LogP contribution in [0.1, 0.15) is 46.2 Å². The molecule has 1 saturated carbocycles. The molecule has 1 fully saturated rings. The number of alkyl halides is 8. The second-order valence-electron chi connectivity index (χ2n) is 12.3. The number of thiazole rings is 1. The van der Waals surface area contributed by atoms with Gasteiger partial charge >= 0.3 is 24.6 Å². The zero-order chi connectivity index (χ0) is 34.6. The summed E-state index contributed by atoms with van der Waals surface area (Å²) in [6.45, 7) is 1.37. The van der Waals surface area contributed by atoms with Crippen LogP contribution in [0.5, 0.6) is 11.5 Å². The molecule has 17 heteroatoms. The molecule has 0 amide bonds. The summed E-state index contributed by atoms with van der Waals surface area (Å²) in [7, 11) is -1.70. The molecule has 7 nitrogen and oxygen atoms in total. The zero-order valence-electron chi connectivity index (χ0n) is 25.7. The minimum atomic E-state index is -5.97. The Morgan fingerprint density at radius 1 is 1.00 bits per heavy atom. The lowest BCUT2D eigenvalue weighted by atomic mass is 9.91. The van der Waals surface area contributed by atoms with Gasteiger partial charge in [-0.3, -0.25) is 0 Å². The van der Waals surface area contributed by atoms with Crippen LogP contribution in [0.2, 0.25) is 25.7 Å². The van der Waals surface area contributed by atoms with Crippen LogP contribution in [0.3, 0.4) is 0 Å². The van der Waals surface area contributed by atoms with Gasteiger partial charge in [-0.2, -0.15) is 39.9 Å². The Kier molecular flexibility index (Phi) is 11.4. The highest BCUT2D eigenvalue weighted by molar-refractivity contribution is 7.11. The van der Waals surface area contributed by atoms with Crippen LogP contribution in [-0.2, 0) is 21.5 Å². The van der Waals surface area contributed by atoms with Crippen LogP contribution in [0.4, 0.5) is 35.1 Å². The van der Waals surface area contributed by atoms with Gasteiger partial charge in [0.25, 0.3) is 0 Å². The highest BCUT2D eigenvalue weighted by atomic mass is 32.1. The van der Waals surface area contributed by atoms with E-state index in [2.05, 4.69) is 14.5 Å². The van der Waals surface area contributed by atoms with E-state index in [1.54, 1.807) is 0 Å². The van der Waals surface area contributed by atoms with Crippen molar-refractivity contribution >= 4 is 19.4 Å². The van der Waals surface area contributed by atoms with Gasteiger partial charge in [0.05, 0.1) is 6.10 Å². The van der Waals surface area contributed by atoms with E-state index in [0.29, 0.717) is 34.7 Å². The molecule has 0 N–H and O–H groups in total. The Morgan fingerprint density at radius 3 is 2.21 bits per heavy atom. The number of ether oxygens (including phenoxy) is 4. The largest absolute Gasteiger partial charge is 0.619 e. The number of pyridine rings is 1. The molecule has 3 aromatic rings. The van der Waals surface area contributed by atoms with Gasteiger partial charge in [0, 0.05) is 43.8 Å². The molecule has 4 rings (SSSR count). The summed E-state index contributed by atoms with van der Waals surface area (Å²) in [5, 5.41) is 10.2. The molecule has 0 radical (unpaired) electrons. The third kappa shape index (κ3) is 9.12. The lowest BCUT2D eigenvalue weighted by Gasteiger charge is -2.35. The lowest BCUT2D eigenvalue weighted by Crippen LogP contribution is -2.56. The van der Waals surface area contributed by atoms with Crippen LogP contribution < -0.4 is 14.2 Å². The van der Waals surface area contributed by atoms with Gasteiger partial charge in [-0.15, -0.1) is 11.3 Å². The summed E-state index contributed by atoms with van der Waals surface area (Å²) in [5.41, 5.74) is -3.97. The SMILES string of the molecule is C[Si](C)(C)CCOCOC(c1ncc(C(Cc2cc[n+]([O-])cc2)c2ccc(OC(F)F)c(OC3CCC3)c2)s1)(C(F)(F)F)C(F)(F)F. The highest BCUT2D eigenvalue weighted by Crippen LogP contribution is 2.54. The maximum atomic E-state index is 14.5. The fourth-order valence-corrected chi connectivity index (χ4v) is 6.69.